The fourth-order valence-electron chi connectivity index (χ4n) is 9.22. The van der Waals surface area contributed by atoms with Gasteiger partial charge in [-0.15, -0.1) is 0 Å². The molecule has 8 rings (SSSR count). The minimum absolute atomic E-state index is 0.0823. The lowest BCUT2D eigenvalue weighted by atomic mass is 9.90. The first-order valence-corrected chi connectivity index (χ1v) is 21.2. The highest BCUT2D eigenvalue weighted by atomic mass is 16.5. The van der Waals surface area contributed by atoms with Gasteiger partial charge in [-0.2, -0.15) is 0 Å². The van der Waals surface area contributed by atoms with Crippen LogP contribution in [-0.4, -0.2) is 101 Å². The number of nitrogens with zero attached hydrogens (tertiary/aromatic N) is 3. The lowest BCUT2D eigenvalue weighted by Gasteiger charge is -2.34. The van der Waals surface area contributed by atoms with Crippen LogP contribution >= 0.6 is 0 Å². The van der Waals surface area contributed by atoms with Crippen LogP contribution in [0.25, 0.3) is 44.1 Å². The standard InChI is InChI=1S/C46H53N7O8/c1-26(2)40(50-45(57)59-3)43(55)53-18-6-8-38(53)42-47-25-36(49-42)32-12-11-28-21-29(9-10-30(28)22-32)31-13-14-33-34(23-31)48-35(24-39(33)54)37-7-5-17-52(37)44(56)41(51-46(58)60-4)27-15-19-61-20-16-27/h9-14,21-27,37-38,40-41H,5-8,15-20H2,1-4H3,(H,47,49)(H,48,54)(H,50,57)(H,51,58)/t37?,38-,40-,41?/m1/s1. The number of ether oxygens (including phenoxy) is 3. The van der Waals surface area contributed by atoms with Crippen LogP contribution in [0.3, 0.4) is 0 Å². The minimum Gasteiger partial charge on any atom is -0.453 e. The number of carbonyl (C=O) groups is 4. The summed E-state index contributed by atoms with van der Waals surface area (Å²) in [5.74, 6) is 0.167. The lowest BCUT2D eigenvalue weighted by molar-refractivity contribution is -0.137. The number of alkyl carbamates (subject to hydrolysis) is 2. The van der Waals surface area contributed by atoms with Crippen LogP contribution in [-0.2, 0) is 23.8 Å². The van der Waals surface area contributed by atoms with E-state index in [4.69, 9.17) is 19.2 Å². The van der Waals surface area contributed by atoms with Crippen LogP contribution in [0.4, 0.5) is 9.59 Å². The van der Waals surface area contributed by atoms with Crippen molar-refractivity contribution < 1.29 is 33.4 Å². The zero-order valence-electron chi connectivity index (χ0n) is 35.0. The van der Waals surface area contributed by atoms with Crippen LogP contribution in [0.2, 0.25) is 0 Å². The van der Waals surface area contributed by atoms with E-state index in [1.165, 1.54) is 14.2 Å². The topological polar surface area (TPSA) is 188 Å². The van der Waals surface area contributed by atoms with E-state index in [0.29, 0.717) is 68.0 Å². The maximum Gasteiger partial charge on any atom is 0.407 e. The van der Waals surface area contributed by atoms with E-state index in [1.807, 2.05) is 38.1 Å². The minimum atomic E-state index is -0.751. The van der Waals surface area contributed by atoms with Gasteiger partial charge in [0.1, 0.15) is 17.9 Å². The molecule has 2 aromatic heterocycles. The van der Waals surface area contributed by atoms with Crippen molar-refractivity contribution in [1.29, 1.82) is 0 Å². The van der Waals surface area contributed by atoms with Crippen LogP contribution < -0.4 is 16.1 Å². The summed E-state index contributed by atoms with van der Waals surface area (Å²) in [4.78, 5) is 80.9. The quantitative estimate of drug-likeness (QED) is 0.120. The van der Waals surface area contributed by atoms with Gasteiger partial charge in [-0.05, 0) is 96.5 Å². The first-order valence-electron chi connectivity index (χ1n) is 21.2. The number of aromatic nitrogens is 3. The van der Waals surface area contributed by atoms with Crippen LogP contribution in [0.5, 0.6) is 0 Å². The summed E-state index contributed by atoms with van der Waals surface area (Å²) >= 11 is 0. The maximum atomic E-state index is 14.1. The van der Waals surface area contributed by atoms with Gasteiger partial charge in [-0.1, -0.05) is 44.2 Å². The highest BCUT2D eigenvalue weighted by Crippen LogP contribution is 2.36. The SMILES string of the molecule is COC(=O)NC(C(=O)N1CCCC1c1cc(=O)c2ccc(-c3ccc4cc(-c5cnc([C@H]6CCCN6C(=O)[C@H](NC(=O)OC)C(C)C)[nH]5)ccc4c3)cc2[nH]1)C1CCOCC1. The predicted molar refractivity (Wildman–Crippen MR) is 230 cm³/mol. The Kier molecular flexibility index (Phi) is 12.1. The van der Waals surface area contributed by atoms with Gasteiger partial charge < -0.3 is 44.6 Å². The zero-order valence-corrected chi connectivity index (χ0v) is 35.0. The first kappa shape index (κ1) is 41.5. The van der Waals surface area contributed by atoms with E-state index >= 15 is 0 Å². The Morgan fingerprint density at radius 2 is 1.38 bits per heavy atom. The molecule has 0 aliphatic carbocycles. The van der Waals surface area contributed by atoms with Gasteiger partial charge in [0.2, 0.25) is 11.8 Å². The lowest BCUT2D eigenvalue weighted by Crippen LogP contribution is -2.53. The van der Waals surface area contributed by atoms with Crippen LogP contribution in [0.1, 0.15) is 76.0 Å². The van der Waals surface area contributed by atoms with Gasteiger partial charge in [0.05, 0.1) is 43.7 Å². The van der Waals surface area contributed by atoms with Crippen molar-refractivity contribution in [3.63, 3.8) is 0 Å². The average molecular weight is 832 g/mol. The number of pyridine rings is 1. The first-order chi connectivity index (χ1) is 29.5. The number of rotatable bonds is 10. The van der Waals surface area contributed by atoms with Crippen molar-refractivity contribution in [3.05, 3.63) is 88.6 Å². The van der Waals surface area contributed by atoms with Crippen molar-refractivity contribution in [2.45, 2.75) is 76.5 Å². The molecule has 3 aliphatic heterocycles. The summed E-state index contributed by atoms with van der Waals surface area (Å²) in [5, 5.41) is 8.12. The van der Waals surface area contributed by atoms with Gasteiger partial charge in [-0.25, -0.2) is 14.6 Å². The number of carbonyl (C=O) groups excluding carboxylic acids is 4. The summed E-state index contributed by atoms with van der Waals surface area (Å²) in [5.41, 5.74) is 4.93. The number of nitrogens with one attached hydrogen (secondary N) is 4. The van der Waals surface area contributed by atoms with E-state index in [1.54, 1.807) is 22.1 Å². The number of H-pyrrole nitrogens is 2. The summed E-state index contributed by atoms with van der Waals surface area (Å²) in [6.45, 7) is 5.93. The second-order valence-corrected chi connectivity index (χ2v) is 16.6. The smallest absolute Gasteiger partial charge is 0.407 e. The zero-order chi connectivity index (χ0) is 42.8. The molecule has 0 bridgehead atoms. The number of likely N-dealkylation sites (tertiary alicyclic amines) is 2. The Morgan fingerprint density at radius 3 is 2.08 bits per heavy atom. The van der Waals surface area contributed by atoms with Crippen LogP contribution in [0.15, 0.2) is 71.7 Å². The Bertz CT molecular complexity index is 2510. The van der Waals surface area contributed by atoms with Gasteiger partial charge in [-0.3, -0.25) is 14.4 Å². The molecule has 4 amide bonds. The monoisotopic (exact) mass is 831 g/mol. The second-order valence-electron chi connectivity index (χ2n) is 16.6. The molecule has 3 aliphatic rings. The van der Waals surface area contributed by atoms with E-state index < -0.39 is 24.3 Å². The largest absolute Gasteiger partial charge is 0.453 e. The molecule has 5 heterocycles. The van der Waals surface area contributed by atoms with Crippen molar-refractivity contribution in [2.75, 3.05) is 40.5 Å². The fraction of sp³-hybridized carbons (Fsp3) is 0.435. The van der Waals surface area contributed by atoms with E-state index in [9.17, 15) is 24.0 Å². The molecule has 3 aromatic carbocycles. The molecular formula is C46H53N7O8. The summed E-state index contributed by atoms with van der Waals surface area (Å²) < 4.78 is 15.2. The Hall–Kier alpha value is -6.22. The highest BCUT2D eigenvalue weighted by molar-refractivity contribution is 5.92. The van der Waals surface area contributed by atoms with Crippen molar-refractivity contribution in [2.24, 2.45) is 11.8 Å². The van der Waals surface area contributed by atoms with Gasteiger partial charge in [0, 0.05) is 49.0 Å². The number of hydrogen-bond donors (Lipinski definition) is 4. The normalized spacial score (nSPS) is 19.3. The fourth-order valence-corrected chi connectivity index (χ4v) is 9.22. The van der Waals surface area contributed by atoms with E-state index in [2.05, 4.69) is 50.9 Å². The molecule has 320 valence electrons. The number of aromatic amines is 2. The summed E-state index contributed by atoms with van der Waals surface area (Å²) in [6.07, 6.45) is 4.87. The Morgan fingerprint density at radius 1 is 0.754 bits per heavy atom. The molecule has 3 saturated heterocycles. The van der Waals surface area contributed by atoms with E-state index in [0.717, 1.165) is 52.4 Å². The maximum absolute atomic E-state index is 14.1. The molecule has 0 saturated carbocycles. The molecule has 4 atom stereocenters. The molecule has 4 N–H and O–H groups in total. The molecule has 15 heteroatoms. The third kappa shape index (κ3) is 8.56. The summed E-state index contributed by atoms with van der Waals surface area (Å²) in [6, 6.07) is 17.8. The molecule has 0 radical (unpaired) electrons. The Labute approximate surface area is 353 Å². The third-order valence-corrected chi connectivity index (χ3v) is 12.5. The van der Waals surface area contributed by atoms with Crippen LogP contribution in [0, 0.1) is 11.8 Å². The number of imidazole rings is 1. The number of benzene rings is 3. The van der Waals surface area contributed by atoms with Gasteiger partial charge >= 0.3 is 12.2 Å². The van der Waals surface area contributed by atoms with Crippen molar-refractivity contribution in [3.8, 4) is 22.4 Å². The van der Waals surface area contributed by atoms with Gasteiger partial charge in [0.25, 0.3) is 0 Å². The molecule has 2 unspecified atom stereocenters. The van der Waals surface area contributed by atoms with Gasteiger partial charge in [0.15, 0.2) is 5.43 Å². The van der Waals surface area contributed by atoms with Crippen molar-refractivity contribution >= 4 is 45.7 Å². The third-order valence-electron chi connectivity index (χ3n) is 12.5. The summed E-state index contributed by atoms with van der Waals surface area (Å²) in [7, 11) is 2.57. The highest BCUT2D eigenvalue weighted by Gasteiger charge is 2.40. The second kappa shape index (κ2) is 17.8. The van der Waals surface area contributed by atoms with Crippen molar-refractivity contribution in [1.82, 2.24) is 35.4 Å². The molecule has 3 fully saturated rings. The van der Waals surface area contributed by atoms with E-state index in [-0.39, 0.29) is 41.2 Å². The molecule has 61 heavy (non-hydrogen) atoms. The number of amides is 4. The molecule has 15 nitrogen and oxygen atoms in total. The molecule has 0 spiro atoms. The molecule has 5 aromatic rings. The number of methoxy groups -OCH3 is 2. The average Bonchev–Trinajstić information content (AvgIpc) is 4.08. The predicted octanol–water partition coefficient (Wildman–Crippen LogP) is 6.60. The Balaban J connectivity index is 1.01. The molecular weight excluding hydrogens is 779 g/mol. The number of fused-ring (bicyclic) bond motifs is 2. The number of hydrogen-bond acceptors (Lipinski definition) is 9.